The molecule has 0 saturated carbocycles. The predicted molar refractivity (Wildman–Crippen MR) is 65.7 cm³/mol. The van der Waals surface area contributed by atoms with Crippen molar-refractivity contribution in [1.29, 1.82) is 0 Å². The first-order valence-electron chi connectivity index (χ1n) is 5.76. The number of primary amides is 1. The third-order valence-corrected chi connectivity index (χ3v) is 4.46. The smallest absolute Gasteiger partial charge is 0.334 e. The average Bonchev–Trinajstić information content (AvgIpc) is 2.26. The molecule has 0 atom stereocenters. The molecule has 0 aromatic heterocycles. The maximum absolute atomic E-state index is 11.8. The molecule has 6 heteroatoms. The van der Waals surface area contributed by atoms with Crippen molar-refractivity contribution in [2.45, 2.75) is 37.5 Å². The number of rotatable bonds is 2. The first-order chi connectivity index (χ1) is 8.40. The van der Waals surface area contributed by atoms with Gasteiger partial charge in [-0.25, -0.2) is 4.79 Å². The van der Waals surface area contributed by atoms with Crippen LogP contribution in [0.1, 0.15) is 29.5 Å². The molecule has 0 spiro atoms. The minimum atomic E-state index is -4.10. The molecule has 0 saturated heterocycles. The quantitative estimate of drug-likeness (QED) is 0.827. The average molecular weight is 269 g/mol. The Morgan fingerprint density at radius 3 is 2.33 bits per heavy atom. The summed E-state index contributed by atoms with van der Waals surface area (Å²) < 4.78 is 27.9. The van der Waals surface area contributed by atoms with E-state index in [4.69, 9.17) is 5.73 Å². The molecule has 98 valence electrons. The van der Waals surface area contributed by atoms with Crippen LogP contribution < -0.4 is 5.73 Å². The summed E-state index contributed by atoms with van der Waals surface area (Å²) in [5, 5.41) is 0. The van der Waals surface area contributed by atoms with Crippen molar-refractivity contribution in [1.82, 2.24) is 0 Å². The van der Waals surface area contributed by atoms with Gasteiger partial charge in [-0.05, 0) is 55.4 Å². The summed E-state index contributed by atoms with van der Waals surface area (Å²) in [6.45, 7) is 1.69. The van der Waals surface area contributed by atoms with Crippen LogP contribution in [0, 0.1) is 6.92 Å². The van der Waals surface area contributed by atoms with Gasteiger partial charge in [0.25, 0.3) is 0 Å². The molecule has 0 fully saturated rings. The monoisotopic (exact) mass is 269 g/mol. The van der Waals surface area contributed by atoms with Gasteiger partial charge in [0, 0.05) is 0 Å². The number of amides is 1. The topological polar surface area (TPSA) is 86.5 Å². The molecule has 0 bridgehead atoms. The molecule has 1 aromatic rings. The summed E-state index contributed by atoms with van der Waals surface area (Å²) in [5.74, 6) is 0. The Balaban J connectivity index is 2.48. The van der Waals surface area contributed by atoms with Gasteiger partial charge in [0.1, 0.15) is 4.90 Å². The van der Waals surface area contributed by atoms with Gasteiger partial charge in [-0.2, -0.15) is 8.42 Å². The lowest BCUT2D eigenvalue weighted by Crippen LogP contribution is -2.20. The van der Waals surface area contributed by atoms with E-state index >= 15 is 0 Å². The third-order valence-electron chi connectivity index (χ3n) is 3.10. The Kier molecular flexibility index (Phi) is 3.30. The summed E-state index contributed by atoms with van der Waals surface area (Å²) >= 11 is 0. The molecule has 2 N–H and O–H groups in total. The molecule has 0 heterocycles. The van der Waals surface area contributed by atoms with E-state index in [1.54, 1.807) is 13.0 Å². The van der Waals surface area contributed by atoms with Crippen molar-refractivity contribution in [3.63, 3.8) is 0 Å². The number of nitrogens with two attached hydrogens (primary N) is 1. The van der Waals surface area contributed by atoms with Crippen molar-refractivity contribution in [2.75, 3.05) is 0 Å². The van der Waals surface area contributed by atoms with E-state index in [1.807, 2.05) is 6.07 Å². The molecule has 0 aliphatic heterocycles. The number of hydrogen-bond acceptors (Lipinski definition) is 4. The number of aryl methyl sites for hydroxylation is 3. The largest absolute Gasteiger partial charge is 0.420 e. The normalized spacial score (nSPS) is 14.9. The van der Waals surface area contributed by atoms with Crippen LogP contribution in [0.15, 0.2) is 17.0 Å². The Labute approximate surface area is 106 Å². The highest BCUT2D eigenvalue weighted by atomic mass is 32.2. The Morgan fingerprint density at radius 1 is 1.22 bits per heavy atom. The second kappa shape index (κ2) is 4.61. The maximum Gasteiger partial charge on any atom is 0.420 e. The third kappa shape index (κ3) is 2.48. The molecule has 1 aliphatic rings. The summed E-state index contributed by atoms with van der Waals surface area (Å²) in [6, 6.07) is 3.45. The molecule has 5 nitrogen and oxygen atoms in total. The zero-order valence-electron chi connectivity index (χ0n) is 10.1. The highest BCUT2D eigenvalue weighted by Gasteiger charge is 2.23. The van der Waals surface area contributed by atoms with Gasteiger partial charge in [-0.3, -0.25) is 0 Å². The van der Waals surface area contributed by atoms with Gasteiger partial charge in [-0.1, -0.05) is 6.07 Å². The zero-order chi connectivity index (χ0) is 13.3. The van der Waals surface area contributed by atoms with Crippen LogP contribution >= 0.6 is 0 Å². The number of carbonyl (C=O) groups excluding carboxylic acids is 1. The molecule has 18 heavy (non-hydrogen) atoms. The van der Waals surface area contributed by atoms with E-state index in [0.717, 1.165) is 31.2 Å². The van der Waals surface area contributed by atoms with Crippen molar-refractivity contribution in [3.8, 4) is 0 Å². The Morgan fingerprint density at radius 2 is 1.78 bits per heavy atom. The van der Waals surface area contributed by atoms with Crippen LogP contribution in [0.3, 0.4) is 0 Å². The van der Waals surface area contributed by atoms with Crippen molar-refractivity contribution < 1.29 is 17.4 Å². The van der Waals surface area contributed by atoms with Crippen LogP contribution in [-0.4, -0.2) is 14.5 Å². The summed E-state index contributed by atoms with van der Waals surface area (Å²) in [7, 11) is -4.10. The first kappa shape index (κ1) is 12.9. The fraction of sp³-hybridized carbons (Fsp3) is 0.417. The van der Waals surface area contributed by atoms with Crippen molar-refractivity contribution in [3.05, 3.63) is 28.8 Å². The molecular formula is C12H15NO4S. The van der Waals surface area contributed by atoms with E-state index in [2.05, 4.69) is 4.18 Å². The molecule has 2 rings (SSSR count). The zero-order valence-corrected chi connectivity index (χ0v) is 10.9. The first-order valence-corrected chi connectivity index (χ1v) is 7.17. The van der Waals surface area contributed by atoms with Crippen LogP contribution in [0.4, 0.5) is 4.79 Å². The number of benzene rings is 1. The van der Waals surface area contributed by atoms with E-state index in [1.165, 1.54) is 5.56 Å². The lowest BCUT2D eigenvalue weighted by atomic mass is 9.90. The Hall–Kier alpha value is -1.56. The highest BCUT2D eigenvalue weighted by Crippen LogP contribution is 2.27. The van der Waals surface area contributed by atoms with E-state index in [-0.39, 0.29) is 4.90 Å². The molecule has 1 aliphatic carbocycles. The lowest BCUT2D eigenvalue weighted by Gasteiger charge is -2.18. The highest BCUT2D eigenvalue weighted by molar-refractivity contribution is 7.87. The van der Waals surface area contributed by atoms with E-state index < -0.39 is 16.2 Å². The minimum absolute atomic E-state index is 0.0296. The molecule has 0 radical (unpaired) electrons. The van der Waals surface area contributed by atoms with Gasteiger partial charge in [0.15, 0.2) is 0 Å². The SMILES string of the molecule is Cc1cc2c(cc1S(=O)(=O)OC(N)=O)CCCC2. The number of hydrogen-bond donors (Lipinski definition) is 1. The standard InChI is InChI=1S/C12H15NO4S/c1-8-6-9-4-2-3-5-10(9)7-11(8)18(15,16)17-12(13)14/h6-7H,2-5H2,1H3,(H2,13,14). The van der Waals surface area contributed by atoms with Gasteiger partial charge < -0.3 is 9.92 Å². The van der Waals surface area contributed by atoms with Crippen LogP contribution in [-0.2, 0) is 27.1 Å². The molecular weight excluding hydrogens is 254 g/mol. The summed E-state index contributed by atoms with van der Waals surface area (Å²) in [6.07, 6.45) is 2.68. The van der Waals surface area contributed by atoms with Gasteiger partial charge in [0.05, 0.1) is 0 Å². The molecule has 1 amide bonds. The van der Waals surface area contributed by atoms with E-state index in [9.17, 15) is 13.2 Å². The lowest BCUT2D eigenvalue weighted by molar-refractivity contribution is 0.212. The maximum atomic E-state index is 11.8. The Bertz CT molecular complexity index is 592. The summed E-state index contributed by atoms with van der Waals surface area (Å²) in [4.78, 5) is 10.6. The second-order valence-corrected chi connectivity index (χ2v) is 5.96. The van der Waals surface area contributed by atoms with Crippen molar-refractivity contribution >= 4 is 16.2 Å². The number of fused-ring (bicyclic) bond motifs is 1. The summed E-state index contributed by atoms with van der Waals surface area (Å²) in [5.41, 5.74) is 7.53. The minimum Gasteiger partial charge on any atom is -0.334 e. The fourth-order valence-corrected chi connectivity index (χ4v) is 3.35. The van der Waals surface area contributed by atoms with Crippen LogP contribution in [0.5, 0.6) is 0 Å². The van der Waals surface area contributed by atoms with E-state index in [0.29, 0.717) is 5.56 Å². The van der Waals surface area contributed by atoms with Crippen molar-refractivity contribution in [2.24, 2.45) is 5.73 Å². The fourth-order valence-electron chi connectivity index (χ4n) is 2.31. The molecule has 1 aromatic carbocycles. The van der Waals surface area contributed by atoms with Gasteiger partial charge >= 0.3 is 16.2 Å². The van der Waals surface area contributed by atoms with Gasteiger partial charge in [-0.15, -0.1) is 0 Å². The number of carbonyl (C=O) groups is 1. The second-order valence-electron chi connectivity index (χ2n) is 4.45. The van der Waals surface area contributed by atoms with Gasteiger partial charge in [0.2, 0.25) is 0 Å². The molecule has 0 unspecified atom stereocenters. The van der Waals surface area contributed by atoms with Crippen LogP contribution in [0.2, 0.25) is 0 Å². The van der Waals surface area contributed by atoms with Crippen LogP contribution in [0.25, 0.3) is 0 Å². The predicted octanol–water partition coefficient (Wildman–Crippen LogP) is 1.66.